The van der Waals surface area contributed by atoms with Crippen LogP contribution in [0.5, 0.6) is 0 Å². The lowest BCUT2D eigenvalue weighted by atomic mass is 9.84. The fourth-order valence-electron chi connectivity index (χ4n) is 1.88. The molecule has 0 saturated heterocycles. The average Bonchev–Trinajstić information content (AvgIpc) is 2.38. The van der Waals surface area contributed by atoms with E-state index < -0.39 is 0 Å². The van der Waals surface area contributed by atoms with Crippen LogP contribution < -0.4 is 0 Å². The average molecular weight is 230 g/mol. The van der Waals surface area contributed by atoms with Gasteiger partial charge >= 0.3 is 0 Å². The van der Waals surface area contributed by atoms with Crippen molar-refractivity contribution in [2.75, 3.05) is 0 Å². The lowest BCUT2D eigenvalue weighted by molar-refractivity contribution is 0.298. The van der Waals surface area contributed by atoms with Crippen molar-refractivity contribution in [3.63, 3.8) is 0 Å². The highest BCUT2D eigenvalue weighted by Gasteiger charge is 2.13. The van der Waals surface area contributed by atoms with Crippen LogP contribution in [0.4, 0.5) is 0 Å². The molecule has 0 aromatic rings. The van der Waals surface area contributed by atoms with Crippen LogP contribution in [0.15, 0.2) is 0 Å². The lowest BCUT2D eigenvalue weighted by Crippen LogP contribution is -2.10. The Kier molecular flexibility index (Phi) is 27.2. The number of hydrogen-bond donors (Lipinski definition) is 0. The minimum absolute atomic E-state index is 0.941. The largest absolute Gasteiger partial charge is 0.0683 e. The second-order valence-corrected chi connectivity index (χ2v) is 4.08. The van der Waals surface area contributed by atoms with E-state index in [9.17, 15) is 0 Å². The van der Waals surface area contributed by atoms with Crippen LogP contribution in [0, 0.1) is 11.8 Å². The molecule has 2 unspecified atom stereocenters. The zero-order chi connectivity index (χ0) is 13.4. The van der Waals surface area contributed by atoms with Crippen molar-refractivity contribution in [2.24, 2.45) is 11.8 Å². The summed E-state index contributed by atoms with van der Waals surface area (Å²) in [6.07, 6.45) is 8.40. The highest BCUT2D eigenvalue weighted by molar-refractivity contribution is 4.64. The van der Waals surface area contributed by atoms with Crippen molar-refractivity contribution in [1.29, 1.82) is 0 Å². The molecule has 0 radical (unpaired) electrons. The Morgan fingerprint density at radius 2 is 1.25 bits per heavy atom. The van der Waals surface area contributed by atoms with Gasteiger partial charge in [-0.15, -0.1) is 0 Å². The van der Waals surface area contributed by atoms with Gasteiger partial charge in [-0.3, -0.25) is 0 Å². The summed E-state index contributed by atoms with van der Waals surface area (Å²) in [5.41, 5.74) is 0. The molecule has 0 fully saturated rings. The predicted molar refractivity (Wildman–Crippen MR) is 80.1 cm³/mol. The minimum Gasteiger partial charge on any atom is -0.0683 e. The summed E-state index contributed by atoms with van der Waals surface area (Å²) in [4.78, 5) is 0. The van der Waals surface area contributed by atoms with Gasteiger partial charge in [-0.25, -0.2) is 0 Å². The van der Waals surface area contributed by atoms with E-state index in [1.807, 2.05) is 27.7 Å². The zero-order valence-corrected chi connectivity index (χ0v) is 13.4. The van der Waals surface area contributed by atoms with Crippen molar-refractivity contribution in [1.82, 2.24) is 0 Å². The van der Waals surface area contributed by atoms with Gasteiger partial charge in [-0.05, 0) is 11.8 Å². The summed E-state index contributed by atoms with van der Waals surface area (Å²) in [6, 6.07) is 0. The van der Waals surface area contributed by atoms with E-state index in [0.29, 0.717) is 0 Å². The topological polar surface area (TPSA) is 0 Å². The lowest BCUT2D eigenvalue weighted by Gasteiger charge is -2.22. The van der Waals surface area contributed by atoms with E-state index >= 15 is 0 Å². The van der Waals surface area contributed by atoms with E-state index in [1.165, 1.54) is 38.5 Å². The molecule has 0 heterocycles. The number of rotatable bonds is 7. The second-order valence-electron chi connectivity index (χ2n) is 4.08. The molecule has 0 aliphatic rings. The Morgan fingerprint density at radius 3 is 1.56 bits per heavy atom. The van der Waals surface area contributed by atoms with Crippen molar-refractivity contribution in [3.05, 3.63) is 0 Å². The van der Waals surface area contributed by atoms with Crippen LogP contribution >= 0.6 is 0 Å². The van der Waals surface area contributed by atoms with Gasteiger partial charge < -0.3 is 0 Å². The minimum atomic E-state index is 0.941. The summed E-state index contributed by atoms with van der Waals surface area (Å²) in [6.45, 7) is 17.3. The van der Waals surface area contributed by atoms with Crippen LogP contribution in [-0.4, -0.2) is 0 Å². The third-order valence-electron chi connectivity index (χ3n) is 3.04. The fraction of sp³-hybridized carbons (Fsp3) is 1.00. The van der Waals surface area contributed by atoms with Gasteiger partial charge in [-0.1, -0.05) is 93.9 Å². The molecule has 0 bridgehead atoms. The molecule has 0 aliphatic carbocycles. The van der Waals surface area contributed by atoms with Crippen LogP contribution in [0.3, 0.4) is 0 Å². The molecule has 102 valence electrons. The van der Waals surface area contributed by atoms with E-state index in [0.717, 1.165) is 11.8 Å². The first-order valence-electron chi connectivity index (χ1n) is 7.76. The Balaban J connectivity index is -0.000000376. The maximum absolute atomic E-state index is 2.41. The van der Waals surface area contributed by atoms with Crippen LogP contribution in [-0.2, 0) is 0 Å². The SMILES string of the molecule is CC.CC.CCCCC(CCC)C(C)CC. The van der Waals surface area contributed by atoms with Crippen molar-refractivity contribution in [2.45, 2.75) is 93.9 Å². The summed E-state index contributed by atoms with van der Waals surface area (Å²) >= 11 is 0. The standard InChI is InChI=1S/C12H26.2C2H6/c1-5-8-10-12(9-6-2)11(4)7-3;2*1-2/h11-12H,5-10H2,1-4H3;2*1-2H3. The molecule has 0 aromatic carbocycles. The summed E-state index contributed by atoms with van der Waals surface area (Å²) in [5.74, 6) is 1.94. The van der Waals surface area contributed by atoms with Crippen molar-refractivity contribution in [3.8, 4) is 0 Å². The summed E-state index contributed by atoms with van der Waals surface area (Å²) in [7, 11) is 0. The molecular formula is C16H38. The normalized spacial score (nSPS) is 12.8. The van der Waals surface area contributed by atoms with Crippen molar-refractivity contribution < 1.29 is 0 Å². The second kappa shape index (κ2) is 20.4. The molecule has 2 atom stereocenters. The number of hydrogen-bond acceptors (Lipinski definition) is 0. The fourth-order valence-corrected chi connectivity index (χ4v) is 1.88. The monoisotopic (exact) mass is 230 g/mol. The Labute approximate surface area is 106 Å². The molecular weight excluding hydrogens is 192 g/mol. The summed E-state index contributed by atoms with van der Waals surface area (Å²) in [5, 5.41) is 0. The van der Waals surface area contributed by atoms with Gasteiger partial charge in [0.05, 0.1) is 0 Å². The van der Waals surface area contributed by atoms with E-state index in [-0.39, 0.29) is 0 Å². The Bertz CT molecular complexity index is 86.0. The first-order valence-corrected chi connectivity index (χ1v) is 7.76. The molecule has 0 aliphatic heterocycles. The maximum Gasteiger partial charge on any atom is -0.0389 e. The molecule has 16 heavy (non-hydrogen) atoms. The molecule has 0 nitrogen and oxygen atoms in total. The van der Waals surface area contributed by atoms with Gasteiger partial charge in [0.2, 0.25) is 0 Å². The van der Waals surface area contributed by atoms with E-state index in [2.05, 4.69) is 27.7 Å². The van der Waals surface area contributed by atoms with Gasteiger partial charge in [-0.2, -0.15) is 0 Å². The first kappa shape index (κ1) is 21.3. The van der Waals surface area contributed by atoms with Gasteiger partial charge in [0.1, 0.15) is 0 Å². The molecule has 0 saturated carbocycles. The predicted octanol–water partition coefficient (Wildman–Crippen LogP) is 6.69. The molecule has 0 aromatic heterocycles. The van der Waals surface area contributed by atoms with Crippen molar-refractivity contribution >= 4 is 0 Å². The highest BCUT2D eigenvalue weighted by atomic mass is 14.2. The Morgan fingerprint density at radius 1 is 0.750 bits per heavy atom. The van der Waals surface area contributed by atoms with Crippen LogP contribution in [0.25, 0.3) is 0 Å². The molecule has 0 rings (SSSR count). The summed E-state index contributed by atoms with van der Waals surface area (Å²) < 4.78 is 0. The van der Waals surface area contributed by atoms with E-state index in [1.54, 1.807) is 0 Å². The third kappa shape index (κ3) is 14.0. The first-order chi connectivity index (χ1) is 7.76. The highest BCUT2D eigenvalue weighted by Crippen LogP contribution is 2.25. The van der Waals surface area contributed by atoms with E-state index in [4.69, 9.17) is 0 Å². The third-order valence-corrected chi connectivity index (χ3v) is 3.04. The molecule has 0 spiro atoms. The van der Waals surface area contributed by atoms with Crippen LogP contribution in [0.1, 0.15) is 93.9 Å². The van der Waals surface area contributed by atoms with Crippen LogP contribution in [0.2, 0.25) is 0 Å². The van der Waals surface area contributed by atoms with Gasteiger partial charge in [0, 0.05) is 0 Å². The van der Waals surface area contributed by atoms with Gasteiger partial charge in [0.15, 0.2) is 0 Å². The Hall–Kier alpha value is 0. The smallest absolute Gasteiger partial charge is 0.0389 e. The quantitative estimate of drug-likeness (QED) is 0.457. The molecule has 0 N–H and O–H groups in total. The number of unbranched alkanes of at least 4 members (excludes halogenated alkanes) is 1. The molecule has 0 amide bonds. The molecule has 0 heteroatoms. The maximum atomic E-state index is 2.41. The van der Waals surface area contributed by atoms with Gasteiger partial charge in [0.25, 0.3) is 0 Å². The zero-order valence-electron chi connectivity index (χ0n) is 13.4.